The molecule has 0 unspecified atom stereocenters. The molecule has 6 N–H and O–H groups in total. The van der Waals surface area contributed by atoms with Crippen molar-refractivity contribution in [2.75, 3.05) is 152 Å². The van der Waals surface area contributed by atoms with Crippen molar-refractivity contribution >= 4 is 36.2 Å². The number of hydrogen-bond donors (Lipinski definition) is 5. The van der Waals surface area contributed by atoms with Crippen molar-refractivity contribution in [1.82, 2.24) is 5.32 Å². The average molecular weight is 797 g/mol. The first kappa shape index (κ1) is 52.8. The summed E-state index contributed by atoms with van der Waals surface area (Å²) in [5.41, 5.74) is 3.98. The Balaban J connectivity index is 0. The standard InChI is InChI=1S/C32H60N2O18.ClH/c33-5-10-43-12-14-45-16-18-47-20-22-49-24-23-48-21-19-46-17-15-44-13-11-42-6-1-28(35)34-32(25-50-7-2-29(36)37,26-51-8-3-30(38)39)27-52-9-4-31(40)41;/h1-27,33H2,(H,34,35)(H,36,37)(H,38,39)(H,40,41);1H. The predicted octanol–water partition coefficient (Wildman–Crippen LogP) is -0.781. The molecule has 0 saturated heterocycles. The molecule has 0 rings (SSSR count). The van der Waals surface area contributed by atoms with Crippen molar-refractivity contribution < 1.29 is 86.6 Å². The minimum atomic E-state index is -1.35. The van der Waals surface area contributed by atoms with Gasteiger partial charge < -0.3 is 78.5 Å². The summed E-state index contributed by atoms with van der Waals surface area (Å²) in [5, 5.41) is 29.4. The van der Waals surface area contributed by atoms with E-state index in [9.17, 15) is 19.2 Å². The molecule has 0 aliphatic rings. The molecular weight excluding hydrogens is 736 g/mol. The fourth-order valence-corrected chi connectivity index (χ4v) is 3.76. The summed E-state index contributed by atoms with van der Waals surface area (Å²) >= 11 is 0. The number of carbonyl (C=O) groups is 4. The van der Waals surface area contributed by atoms with E-state index in [0.29, 0.717) is 92.4 Å². The molecule has 0 radical (unpaired) electrons. The smallest absolute Gasteiger partial charge is 0.305 e. The predicted molar refractivity (Wildman–Crippen MR) is 188 cm³/mol. The van der Waals surface area contributed by atoms with E-state index in [1.165, 1.54) is 0 Å². The minimum absolute atomic E-state index is 0. The maximum Gasteiger partial charge on any atom is 0.305 e. The van der Waals surface area contributed by atoms with Gasteiger partial charge in [0.15, 0.2) is 0 Å². The molecule has 21 heteroatoms. The van der Waals surface area contributed by atoms with Gasteiger partial charge in [-0.2, -0.15) is 0 Å². The molecule has 0 aromatic carbocycles. The number of ether oxygens (including phenoxy) is 11. The van der Waals surface area contributed by atoms with Crippen molar-refractivity contribution in [2.24, 2.45) is 5.73 Å². The molecule has 53 heavy (non-hydrogen) atoms. The van der Waals surface area contributed by atoms with Gasteiger partial charge in [0.1, 0.15) is 5.54 Å². The highest BCUT2D eigenvalue weighted by Gasteiger charge is 2.34. The molecule has 0 aromatic heterocycles. The van der Waals surface area contributed by atoms with Gasteiger partial charge in [-0.25, -0.2) is 0 Å². The van der Waals surface area contributed by atoms with Gasteiger partial charge in [0, 0.05) is 13.0 Å². The van der Waals surface area contributed by atoms with Crippen LogP contribution in [0.5, 0.6) is 0 Å². The molecule has 0 atom stereocenters. The lowest BCUT2D eigenvalue weighted by Crippen LogP contribution is -2.59. The number of aliphatic carboxylic acids is 3. The second-order valence-electron chi connectivity index (χ2n) is 10.9. The van der Waals surface area contributed by atoms with E-state index in [1.807, 2.05) is 0 Å². The first-order chi connectivity index (χ1) is 25.2. The lowest BCUT2D eigenvalue weighted by molar-refractivity contribution is -0.140. The lowest BCUT2D eigenvalue weighted by Gasteiger charge is -2.34. The summed E-state index contributed by atoms with van der Waals surface area (Å²) in [6.45, 7) is 5.69. The Hall–Kier alpha value is -2.31. The number of rotatable bonds is 42. The molecule has 0 aliphatic heterocycles. The van der Waals surface area contributed by atoms with Crippen LogP contribution >= 0.6 is 12.4 Å². The normalized spacial score (nSPS) is 11.3. The van der Waals surface area contributed by atoms with Gasteiger partial charge >= 0.3 is 17.9 Å². The van der Waals surface area contributed by atoms with E-state index in [4.69, 9.17) is 73.2 Å². The zero-order chi connectivity index (χ0) is 38.4. The van der Waals surface area contributed by atoms with Gasteiger partial charge in [0.25, 0.3) is 0 Å². The molecule has 0 aliphatic carbocycles. The van der Waals surface area contributed by atoms with Crippen molar-refractivity contribution in [3.05, 3.63) is 0 Å². The number of carboxylic acid groups (broad SMARTS) is 3. The van der Waals surface area contributed by atoms with Crippen LogP contribution in [0.2, 0.25) is 0 Å². The Labute approximate surface area is 316 Å². The fourth-order valence-electron chi connectivity index (χ4n) is 3.76. The number of halogens is 1. The second-order valence-corrected chi connectivity index (χ2v) is 10.9. The third kappa shape index (κ3) is 39.2. The largest absolute Gasteiger partial charge is 0.481 e. The van der Waals surface area contributed by atoms with E-state index in [2.05, 4.69) is 5.32 Å². The topological polar surface area (TPSA) is 269 Å². The second kappa shape index (κ2) is 39.4. The molecule has 1 amide bonds. The summed E-state index contributed by atoms with van der Waals surface area (Å²) in [5.74, 6) is -3.72. The number of carboxylic acids is 3. The summed E-state index contributed by atoms with van der Waals surface area (Å²) in [4.78, 5) is 45.4. The first-order valence-corrected chi connectivity index (χ1v) is 17.2. The summed E-state index contributed by atoms with van der Waals surface area (Å²) in [7, 11) is 0. The van der Waals surface area contributed by atoms with Crippen molar-refractivity contribution in [1.29, 1.82) is 0 Å². The Kier molecular flexibility index (Phi) is 39.2. The van der Waals surface area contributed by atoms with Crippen LogP contribution in [0.15, 0.2) is 0 Å². The summed E-state index contributed by atoms with van der Waals surface area (Å²) in [6, 6.07) is 0. The van der Waals surface area contributed by atoms with Crippen LogP contribution in [0.4, 0.5) is 0 Å². The molecule has 0 aromatic rings. The minimum Gasteiger partial charge on any atom is -0.481 e. The molecule has 0 heterocycles. The Morgan fingerprint density at radius 1 is 0.396 bits per heavy atom. The van der Waals surface area contributed by atoms with Gasteiger partial charge in [-0.05, 0) is 0 Å². The maximum atomic E-state index is 12.8. The third-order valence-corrected chi connectivity index (χ3v) is 6.26. The summed E-state index contributed by atoms with van der Waals surface area (Å²) in [6.07, 6.45) is -0.939. The third-order valence-electron chi connectivity index (χ3n) is 6.26. The van der Waals surface area contributed by atoms with Crippen molar-refractivity contribution in [3.63, 3.8) is 0 Å². The van der Waals surface area contributed by atoms with Crippen molar-refractivity contribution in [2.45, 2.75) is 31.2 Å². The molecule has 20 nitrogen and oxygen atoms in total. The monoisotopic (exact) mass is 796 g/mol. The van der Waals surface area contributed by atoms with E-state index in [-0.39, 0.29) is 97.6 Å². The lowest BCUT2D eigenvalue weighted by atomic mass is 10.0. The van der Waals surface area contributed by atoms with E-state index >= 15 is 0 Å². The van der Waals surface area contributed by atoms with Crippen LogP contribution in [-0.2, 0) is 71.3 Å². The number of amides is 1. The van der Waals surface area contributed by atoms with Gasteiger partial charge in [0.2, 0.25) is 5.91 Å². The van der Waals surface area contributed by atoms with Gasteiger partial charge in [-0.15, -0.1) is 12.4 Å². The van der Waals surface area contributed by atoms with E-state index in [0.717, 1.165) is 0 Å². The van der Waals surface area contributed by atoms with Crippen LogP contribution in [-0.4, -0.2) is 197 Å². The molecule has 0 fully saturated rings. The Morgan fingerprint density at radius 3 is 0.906 bits per heavy atom. The van der Waals surface area contributed by atoms with Gasteiger partial charge in [-0.1, -0.05) is 0 Å². The van der Waals surface area contributed by atoms with E-state index < -0.39 is 29.4 Å². The number of nitrogens with two attached hydrogens (primary N) is 1. The molecule has 314 valence electrons. The average Bonchev–Trinajstić information content (AvgIpc) is 3.10. The molecule has 0 bridgehead atoms. The Bertz CT molecular complexity index is 836. The Morgan fingerprint density at radius 2 is 0.642 bits per heavy atom. The highest BCUT2D eigenvalue weighted by atomic mass is 35.5. The first-order valence-electron chi connectivity index (χ1n) is 17.2. The van der Waals surface area contributed by atoms with E-state index in [1.54, 1.807) is 0 Å². The van der Waals surface area contributed by atoms with Crippen LogP contribution < -0.4 is 11.1 Å². The highest BCUT2D eigenvalue weighted by Crippen LogP contribution is 2.11. The fraction of sp³-hybridized carbons (Fsp3) is 0.875. The SMILES string of the molecule is Cl.NCCOCCOCCOCCOCCOCCOCCOCCOCCC(=O)NC(COCCC(=O)O)(COCCC(=O)O)COCCC(=O)O. The molecule has 0 spiro atoms. The highest BCUT2D eigenvalue weighted by molar-refractivity contribution is 5.85. The van der Waals surface area contributed by atoms with Gasteiger partial charge in [-0.3, -0.25) is 19.2 Å². The zero-order valence-corrected chi connectivity index (χ0v) is 31.4. The maximum absolute atomic E-state index is 12.8. The summed E-state index contributed by atoms with van der Waals surface area (Å²) < 4.78 is 59.6. The van der Waals surface area contributed by atoms with Crippen LogP contribution in [0.3, 0.4) is 0 Å². The molecule has 0 saturated carbocycles. The van der Waals surface area contributed by atoms with Crippen LogP contribution in [0.1, 0.15) is 25.7 Å². The number of nitrogens with one attached hydrogen (secondary N) is 1. The number of hydrogen-bond acceptors (Lipinski definition) is 16. The quantitative estimate of drug-likeness (QED) is 0.0474. The molecular formula is C32H61ClN2O18. The zero-order valence-electron chi connectivity index (χ0n) is 30.5. The van der Waals surface area contributed by atoms with Crippen LogP contribution in [0.25, 0.3) is 0 Å². The van der Waals surface area contributed by atoms with Gasteiger partial charge in [0.05, 0.1) is 165 Å². The van der Waals surface area contributed by atoms with Crippen molar-refractivity contribution in [3.8, 4) is 0 Å². The number of carbonyl (C=O) groups excluding carboxylic acids is 1. The van der Waals surface area contributed by atoms with Crippen LogP contribution in [0, 0.1) is 0 Å².